The van der Waals surface area contributed by atoms with Crippen LogP contribution in [0.25, 0.3) is 10.6 Å². The first-order chi connectivity index (χ1) is 9.74. The third-order valence-electron chi connectivity index (χ3n) is 2.91. The van der Waals surface area contributed by atoms with Crippen molar-refractivity contribution >= 4 is 23.1 Å². The number of aryl methyl sites for hydroxylation is 1. The molecule has 1 aromatic carbocycles. The summed E-state index contributed by atoms with van der Waals surface area (Å²) in [6.45, 7) is 1.90. The number of hydrogen-bond acceptors (Lipinski definition) is 4. The number of anilines is 1. The van der Waals surface area contributed by atoms with Crippen LogP contribution in [0.3, 0.4) is 0 Å². The van der Waals surface area contributed by atoms with Crippen LogP contribution in [0, 0.1) is 6.92 Å². The average Bonchev–Trinajstić information content (AvgIpc) is 3.09. The Balaban J connectivity index is 1.79. The number of nitrogens with zero attached hydrogens (tertiary/aromatic N) is 1. The van der Waals surface area contributed by atoms with Crippen molar-refractivity contribution in [1.82, 2.24) is 5.16 Å². The summed E-state index contributed by atoms with van der Waals surface area (Å²) in [7, 11) is 0. The summed E-state index contributed by atoms with van der Waals surface area (Å²) in [6.07, 6.45) is 0. The smallest absolute Gasteiger partial charge is 0.258 e. The van der Waals surface area contributed by atoms with Crippen molar-refractivity contribution in [3.8, 4) is 10.6 Å². The number of aromatic nitrogens is 1. The molecular formula is C15H12N2O2S. The van der Waals surface area contributed by atoms with E-state index in [2.05, 4.69) is 10.5 Å². The molecule has 0 saturated carbocycles. The third-order valence-corrected chi connectivity index (χ3v) is 3.80. The summed E-state index contributed by atoms with van der Waals surface area (Å²) in [5.41, 5.74) is 2.27. The van der Waals surface area contributed by atoms with Crippen molar-refractivity contribution in [3.05, 3.63) is 59.0 Å². The van der Waals surface area contributed by atoms with Gasteiger partial charge >= 0.3 is 0 Å². The van der Waals surface area contributed by atoms with Crippen LogP contribution in [0.4, 0.5) is 5.88 Å². The van der Waals surface area contributed by atoms with Crippen LogP contribution in [-0.2, 0) is 0 Å². The molecule has 0 fully saturated rings. The lowest BCUT2D eigenvalue weighted by molar-refractivity contribution is 0.102. The summed E-state index contributed by atoms with van der Waals surface area (Å²) in [5, 5.41) is 8.63. The zero-order valence-corrected chi connectivity index (χ0v) is 11.6. The van der Waals surface area contributed by atoms with Gasteiger partial charge in [-0.3, -0.25) is 10.1 Å². The van der Waals surface area contributed by atoms with Crippen LogP contribution in [0.2, 0.25) is 0 Å². The van der Waals surface area contributed by atoms with E-state index in [1.54, 1.807) is 23.5 Å². The molecule has 0 unspecified atom stereocenters. The predicted molar refractivity (Wildman–Crippen MR) is 78.9 cm³/mol. The van der Waals surface area contributed by atoms with Gasteiger partial charge in [0.05, 0.1) is 4.88 Å². The van der Waals surface area contributed by atoms with E-state index in [1.807, 2.05) is 42.6 Å². The molecule has 0 aliphatic rings. The molecule has 2 heterocycles. The van der Waals surface area contributed by atoms with E-state index in [1.165, 1.54) is 0 Å². The second kappa shape index (κ2) is 5.30. The molecule has 3 rings (SSSR count). The first-order valence-electron chi connectivity index (χ1n) is 6.11. The van der Waals surface area contributed by atoms with Crippen molar-refractivity contribution in [2.24, 2.45) is 0 Å². The maximum atomic E-state index is 12.1. The normalized spacial score (nSPS) is 10.4. The molecule has 1 N–H and O–H groups in total. The highest BCUT2D eigenvalue weighted by Crippen LogP contribution is 2.26. The van der Waals surface area contributed by atoms with E-state index in [9.17, 15) is 4.79 Å². The van der Waals surface area contributed by atoms with Gasteiger partial charge in [0.1, 0.15) is 5.69 Å². The van der Waals surface area contributed by atoms with E-state index >= 15 is 0 Å². The fourth-order valence-corrected chi connectivity index (χ4v) is 2.56. The van der Waals surface area contributed by atoms with Crippen LogP contribution >= 0.6 is 11.3 Å². The standard InChI is InChI=1S/C15H12N2O2S/c1-10-5-2-3-6-11(10)15(18)16-14-9-12(17-19-14)13-7-4-8-20-13/h2-9H,1H3,(H,16,18). The lowest BCUT2D eigenvalue weighted by Crippen LogP contribution is -2.12. The fourth-order valence-electron chi connectivity index (χ4n) is 1.88. The maximum absolute atomic E-state index is 12.1. The van der Waals surface area contributed by atoms with Crippen molar-refractivity contribution in [2.75, 3.05) is 5.32 Å². The number of nitrogens with one attached hydrogen (secondary N) is 1. The first-order valence-corrected chi connectivity index (χ1v) is 6.99. The van der Waals surface area contributed by atoms with Gasteiger partial charge in [0.15, 0.2) is 0 Å². The molecule has 4 nitrogen and oxygen atoms in total. The predicted octanol–water partition coefficient (Wildman–Crippen LogP) is 3.96. The van der Waals surface area contributed by atoms with Gasteiger partial charge < -0.3 is 4.52 Å². The van der Waals surface area contributed by atoms with Gasteiger partial charge in [-0.25, -0.2) is 0 Å². The van der Waals surface area contributed by atoms with Crippen LogP contribution in [0.1, 0.15) is 15.9 Å². The second-order valence-corrected chi connectivity index (χ2v) is 5.27. The zero-order chi connectivity index (χ0) is 13.9. The lowest BCUT2D eigenvalue weighted by atomic mass is 10.1. The van der Waals surface area contributed by atoms with E-state index < -0.39 is 0 Å². The molecule has 3 aromatic rings. The maximum Gasteiger partial charge on any atom is 0.258 e. The van der Waals surface area contributed by atoms with Crippen LogP contribution in [0.5, 0.6) is 0 Å². The summed E-state index contributed by atoms with van der Waals surface area (Å²) in [6, 6.07) is 13.0. The number of hydrogen-bond donors (Lipinski definition) is 1. The Morgan fingerprint density at radius 3 is 2.85 bits per heavy atom. The van der Waals surface area contributed by atoms with Gasteiger partial charge in [0.2, 0.25) is 5.88 Å². The molecule has 0 atom stereocenters. The minimum Gasteiger partial charge on any atom is -0.338 e. The summed E-state index contributed by atoms with van der Waals surface area (Å²) in [5.74, 6) is 0.152. The minimum atomic E-state index is -0.197. The SMILES string of the molecule is Cc1ccccc1C(=O)Nc1cc(-c2cccs2)no1. The molecule has 0 spiro atoms. The Hall–Kier alpha value is -2.40. The van der Waals surface area contributed by atoms with E-state index in [0.717, 1.165) is 16.1 Å². The second-order valence-electron chi connectivity index (χ2n) is 4.32. The highest BCUT2D eigenvalue weighted by atomic mass is 32.1. The lowest BCUT2D eigenvalue weighted by Gasteiger charge is -2.03. The molecule has 2 aromatic heterocycles. The highest BCUT2D eigenvalue weighted by molar-refractivity contribution is 7.13. The van der Waals surface area contributed by atoms with Crippen molar-refractivity contribution in [3.63, 3.8) is 0 Å². The number of rotatable bonds is 3. The number of carbonyl (C=O) groups excluding carboxylic acids is 1. The Morgan fingerprint density at radius 1 is 1.25 bits per heavy atom. The summed E-state index contributed by atoms with van der Waals surface area (Å²) < 4.78 is 5.15. The molecule has 20 heavy (non-hydrogen) atoms. The van der Waals surface area contributed by atoms with Gasteiger partial charge in [-0.2, -0.15) is 0 Å². The molecule has 1 amide bonds. The molecule has 0 radical (unpaired) electrons. The Kier molecular flexibility index (Phi) is 3.35. The van der Waals surface area contributed by atoms with Gasteiger partial charge in [0.25, 0.3) is 5.91 Å². The molecule has 0 bridgehead atoms. The van der Waals surface area contributed by atoms with E-state index in [4.69, 9.17) is 4.52 Å². The molecule has 0 aliphatic heterocycles. The molecule has 100 valence electrons. The van der Waals surface area contributed by atoms with E-state index in [-0.39, 0.29) is 5.91 Å². The quantitative estimate of drug-likeness (QED) is 0.792. The number of amides is 1. The van der Waals surface area contributed by atoms with Crippen molar-refractivity contribution in [2.45, 2.75) is 6.92 Å². The molecule has 0 saturated heterocycles. The van der Waals surface area contributed by atoms with Gasteiger partial charge in [-0.15, -0.1) is 11.3 Å². The minimum absolute atomic E-state index is 0.197. The number of benzene rings is 1. The summed E-state index contributed by atoms with van der Waals surface area (Å²) in [4.78, 5) is 13.1. The molecule has 0 aliphatic carbocycles. The number of thiophene rings is 1. The third kappa shape index (κ3) is 2.48. The highest BCUT2D eigenvalue weighted by Gasteiger charge is 2.12. The van der Waals surface area contributed by atoms with Crippen molar-refractivity contribution in [1.29, 1.82) is 0 Å². The monoisotopic (exact) mass is 284 g/mol. The van der Waals surface area contributed by atoms with Crippen LogP contribution in [-0.4, -0.2) is 11.1 Å². The van der Waals surface area contributed by atoms with Gasteiger partial charge in [0, 0.05) is 11.6 Å². The van der Waals surface area contributed by atoms with Gasteiger partial charge in [-0.1, -0.05) is 29.4 Å². The molecular weight excluding hydrogens is 272 g/mol. The van der Waals surface area contributed by atoms with E-state index in [0.29, 0.717) is 11.4 Å². The molecule has 5 heteroatoms. The Labute approximate surface area is 120 Å². The average molecular weight is 284 g/mol. The zero-order valence-electron chi connectivity index (χ0n) is 10.8. The van der Waals surface area contributed by atoms with Crippen molar-refractivity contribution < 1.29 is 9.32 Å². The fraction of sp³-hybridized carbons (Fsp3) is 0.0667. The Morgan fingerprint density at radius 2 is 2.10 bits per heavy atom. The van der Waals surface area contributed by atoms with Gasteiger partial charge in [-0.05, 0) is 30.0 Å². The van der Waals surface area contributed by atoms with Crippen LogP contribution in [0.15, 0.2) is 52.4 Å². The largest absolute Gasteiger partial charge is 0.338 e. The summed E-state index contributed by atoms with van der Waals surface area (Å²) >= 11 is 1.57. The topological polar surface area (TPSA) is 55.1 Å². The number of carbonyl (C=O) groups is 1. The van der Waals surface area contributed by atoms with Crippen LogP contribution < -0.4 is 5.32 Å². The first kappa shape index (κ1) is 12.6. The Bertz CT molecular complexity index is 732.